The smallest absolute Gasteiger partial charge is 0.337 e. The van der Waals surface area contributed by atoms with Crippen molar-refractivity contribution in [3.05, 3.63) is 83.9 Å². The van der Waals surface area contributed by atoms with Crippen LogP contribution in [0.5, 0.6) is 0 Å². The number of hydrogen-bond acceptors (Lipinski definition) is 4. The summed E-state index contributed by atoms with van der Waals surface area (Å²) in [6, 6.07) is 17.6. The van der Waals surface area contributed by atoms with Crippen LogP contribution < -0.4 is 5.32 Å². The highest BCUT2D eigenvalue weighted by Gasteiger charge is 2.42. The van der Waals surface area contributed by atoms with Gasteiger partial charge in [-0.2, -0.15) is 0 Å². The lowest BCUT2D eigenvalue weighted by Gasteiger charge is -2.31. The predicted octanol–water partition coefficient (Wildman–Crippen LogP) is 4.04. The summed E-state index contributed by atoms with van der Waals surface area (Å²) in [5.74, 6) is -0.346. The molecule has 0 aliphatic carbocycles. The minimum atomic E-state index is -0.346. The maximum atomic E-state index is 11.8. The van der Waals surface area contributed by atoms with Crippen molar-refractivity contribution in [2.75, 3.05) is 7.11 Å². The van der Waals surface area contributed by atoms with Crippen LogP contribution in [0.3, 0.4) is 0 Å². The van der Waals surface area contributed by atoms with Crippen molar-refractivity contribution >= 4 is 23.3 Å². The Morgan fingerprint density at radius 3 is 2.53 bits per heavy atom. The summed E-state index contributed by atoms with van der Waals surface area (Å²) in [5.41, 5.74) is 3.53. The zero-order valence-corrected chi connectivity index (χ0v) is 18.0. The second-order valence-electron chi connectivity index (χ2n) is 7.47. The Balaban J connectivity index is 1.77. The Morgan fingerprint density at radius 1 is 1.13 bits per heavy atom. The van der Waals surface area contributed by atoms with E-state index >= 15 is 0 Å². The van der Waals surface area contributed by atoms with Gasteiger partial charge in [0.2, 0.25) is 0 Å². The van der Waals surface area contributed by atoms with Crippen molar-refractivity contribution in [3.63, 3.8) is 0 Å². The van der Waals surface area contributed by atoms with Crippen LogP contribution in [0.1, 0.15) is 47.7 Å². The Morgan fingerprint density at radius 2 is 1.90 bits per heavy atom. The van der Waals surface area contributed by atoms with E-state index in [4.69, 9.17) is 17.0 Å². The molecule has 4 rings (SSSR count). The van der Waals surface area contributed by atoms with E-state index in [1.165, 1.54) is 7.11 Å². The quantitative estimate of drug-likeness (QED) is 0.497. The number of hydrogen-bond donors (Lipinski definition) is 1. The fraction of sp³-hybridized carbons (Fsp3) is 0.261. The largest absolute Gasteiger partial charge is 0.465 e. The summed E-state index contributed by atoms with van der Waals surface area (Å²) in [4.78, 5) is 18.6. The fourth-order valence-corrected chi connectivity index (χ4v) is 4.44. The number of nitrogens with one attached hydrogen (secondary N) is 1. The van der Waals surface area contributed by atoms with Gasteiger partial charge < -0.3 is 19.5 Å². The number of esters is 1. The average molecular weight is 421 g/mol. The molecule has 7 heteroatoms. The monoisotopic (exact) mass is 420 g/mol. The Kier molecular flexibility index (Phi) is 5.55. The van der Waals surface area contributed by atoms with Crippen LogP contribution in [0.15, 0.2) is 67.0 Å². The zero-order chi connectivity index (χ0) is 21.3. The van der Waals surface area contributed by atoms with Gasteiger partial charge in [-0.15, -0.1) is 0 Å². The molecule has 1 fully saturated rings. The SMILES string of the molecule is COC(=O)c1ccc(-n2cccc2[C@@H]2[C@H](c3ccccn3)NC(=S)N2C(C)C)cc1. The number of benzene rings is 1. The second-order valence-corrected chi connectivity index (χ2v) is 7.86. The molecule has 30 heavy (non-hydrogen) atoms. The maximum Gasteiger partial charge on any atom is 0.337 e. The van der Waals surface area contributed by atoms with Crippen molar-refractivity contribution in [3.8, 4) is 5.69 Å². The third-order valence-electron chi connectivity index (χ3n) is 5.34. The standard InChI is InChI=1S/C23H24N4O2S/c1-15(2)27-21(20(25-23(27)30)18-7-4-5-13-24-18)19-8-6-14-26(19)17-11-9-16(10-12-17)22(28)29-3/h4-15,20-21H,1-3H3,(H,25,30)/t20-,21+/m0/s1. The summed E-state index contributed by atoms with van der Waals surface area (Å²) in [6.45, 7) is 4.28. The lowest BCUT2D eigenvalue weighted by atomic mass is 10.0. The lowest BCUT2D eigenvalue weighted by molar-refractivity contribution is 0.0600. The van der Waals surface area contributed by atoms with E-state index < -0.39 is 0 Å². The predicted molar refractivity (Wildman–Crippen MR) is 120 cm³/mol. The number of methoxy groups -OCH3 is 1. The van der Waals surface area contributed by atoms with E-state index in [1.807, 2.05) is 42.6 Å². The molecule has 0 spiro atoms. The van der Waals surface area contributed by atoms with Gasteiger partial charge in [0.15, 0.2) is 5.11 Å². The molecule has 6 nitrogen and oxygen atoms in total. The van der Waals surface area contributed by atoms with Crippen molar-refractivity contribution in [2.24, 2.45) is 0 Å². The number of rotatable bonds is 5. The molecule has 2 atom stereocenters. The molecule has 2 aromatic heterocycles. The topological polar surface area (TPSA) is 59.4 Å². The molecule has 1 aliphatic rings. The van der Waals surface area contributed by atoms with Gasteiger partial charge in [-0.3, -0.25) is 4.98 Å². The molecular weight excluding hydrogens is 396 g/mol. The Hall–Kier alpha value is -3.19. The van der Waals surface area contributed by atoms with Gasteiger partial charge >= 0.3 is 5.97 Å². The maximum absolute atomic E-state index is 11.8. The van der Waals surface area contributed by atoms with Crippen LogP contribution in [0.4, 0.5) is 0 Å². The van der Waals surface area contributed by atoms with Gasteiger partial charge in [0, 0.05) is 29.8 Å². The first-order valence-electron chi connectivity index (χ1n) is 9.87. The summed E-state index contributed by atoms with van der Waals surface area (Å²) in [7, 11) is 1.38. The van der Waals surface area contributed by atoms with Crippen LogP contribution in [0.2, 0.25) is 0 Å². The minimum absolute atomic E-state index is 0.0253. The summed E-state index contributed by atoms with van der Waals surface area (Å²) in [5, 5.41) is 4.19. The van der Waals surface area contributed by atoms with Crippen LogP contribution in [0, 0.1) is 0 Å². The third-order valence-corrected chi connectivity index (χ3v) is 5.67. The highest BCUT2D eigenvalue weighted by atomic mass is 32.1. The molecule has 1 saturated heterocycles. The van der Waals surface area contributed by atoms with Crippen molar-refractivity contribution < 1.29 is 9.53 Å². The molecule has 0 amide bonds. The summed E-state index contributed by atoms with van der Waals surface area (Å²) in [6.07, 6.45) is 3.83. The van der Waals surface area contributed by atoms with Gasteiger partial charge in [0.1, 0.15) is 0 Å². The molecular formula is C23H24N4O2S. The first-order chi connectivity index (χ1) is 14.5. The first kappa shape index (κ1) is 20.1. The number of aromatic nitrogens is 2. The van der Waals surface area contributed by atoms with Crippen LogP contribution >= 0.6 is 12.2 Å². The molecule has 1 aromatic carbocycles. The molecule has 0 saturated carbocycles. The number of pyridine rings is 1. The van der Waals surface area contributed by atoms with Crippen molar-refractivity contribution in [1.29, 1.82) is 0 Å². The average Bonchev–Trinajstić information content (AvgIpc) is 3.38. The highest BCUT2D eigenvalue weighted by Crippen LogP contribution is 2.40. The Labute approximate surface area is 181 Å². The molecule has 1 N–H and O–H groups in total. The number of nitrogens with zero attached hydrogens (tertiary/aromatic N) is 3. The normalized spacial score (nSPS) is 18.5. The van der Waals surface area contributed by atoms with Crippen LogP contribution in [-0.2, 0) is 4.74 Å². The second kappa shape index (κ2) is 8.28. The van der Waals surface area contributed by atoms with Crippen molar-refractivity contribution in [2.45, 2.75) is 32.0 Å². The first-order valence-corrected chi connectivity index (χ1v) is 10.3. The van der Waals surface area contributed by atoms with Gasteiger partial charge in [0.25, 0.3) is 0 Å². The van der Waals surface area contributed by atoms with Gasteiger partial charge in [-0.05, 0) is 74.6 Å². The van der Waals surface area contributed by atoms with Gasteiger partial charge in [-0.1, -0.05) is 6.07 Å². The number of carbonyl (C=O) groups is 1. The number of thiocarbonyl (C=S) groups is 1. The third kappa shape index (κ3) is 3.57. The van der Waals surface area contributed by atoms with Crippen molar-refractivity contribution in [1.82, 2.24) is 19.8 Å². The zero-order valence-electron chi connectivity index (χ0n) is 17.1. The fourth-order valence-electron chi connectivity index (χ4n) is 3.98. The molecule has 3 heterocycles. The highest BCUT2D eigenvalue weighted by molar-refractivity contribution is 7.80. The molecule has 0 radical (unpaired) electrons. The van der Waals surface area contributed by atoms with Gasteiger partial charge in [0.05, 0.1) is 30.5 Å². The van der Waals surface area contributed by atoms with E-state index in [0.29, 0.717) is 5.56 Å². The molecule has 1 aliphatic heterocycles. The van der Waals surface area contributed by atoms with E-state index in [2.05, 4.69) is 39.7 Å². The van der Waals surface area contributed by atoms with Gasteiger partial charge in [-0.25, -0.2) is 4.79 Å². The summed E-state index contributed by atoms with van der Waals surface area (Å²) >= 11 is 5.69. The minimum Gasteiger partial charge on any atom is -0.465 e. The molecule has 0 bridgehead atoms. The number of ether oxygens (including phenoxy) is 1. The Bertz CT molecular complexity index is 1050. The van der Waals surface area contributed by atoms with E-state index in [-0.39, 0.29) is 24.1 Å². The van der Waals surface area contributed by atoms with E-state index in [9.17, 15) is 4.79 Å². The van der Waals surface area contributed by atoms with E-state index in [0.717, 1.165) is 22.2 Å². The lowest BCUT2D eigenvalue weighted by Crippen LogP contribution is -2.36. The van der Waals surface area contributed by atoms with Crippen LogP contribution in [0.25, 0.3) is 5.69 Å². The number of carbonyl (C=O) groups excluding carboxylic acids is 1. The molecule has 3 aromatic rings. The molecule has 154 valence electrons. The van der Waals surface area contributed by atoms with Crippen LogP contribution in [-0.4, -0.2) is 38.7 Å². The summed E-state index contributed by atoms with van der Waals surface area (Å²) < 4.78 is 6.94. The molecule has 0 unspecified atom stereocenters. The van der Waals surface area contributed by atoms with E-state index in [1.54, 1.807) is 18.3 Å².